The van der Waals surface area contributed by atoms with Gasteiger partial charge in [-0.05, 0) is 60.0 Å². The minimum absolute atomic E-state index is 0.0125. The summed E-state index contributed by atoms with van der Waals surface area (Å²) in [6.07, 6.45) is 1.22. The largest absolute Gasteiger partial charge is 0.478 e. The lowest BCUT2D eigenvalue weighted by Crippen LogP contribution is -2.35. The first-order valence-electron chi connectivity index (χ1n) is 11.5. The molecule has 9 heteroatoms. The van der Waals surface area contributed by atoms with Crippen molar-refractivity contribution < 1.29 is 24.2 Å². The number of nitrogens with one attached hydrogen (secondary N) is 2. The fourth-order valence-electron chi connectivity index (χ4n) is 5.08. The van der Waals surface area contributed by atoms with Crippen molar-refractivity contribution >= 4 is 34.5 Å². The van der Waals surface area contributed by atoms with Crippen molar-refractivity contribution in [3.05, 3.63) is 70.9 Å². The number of aryl methyl sites for hydroxylation is 1. The van der Waals surface area contributed by atoms with Crippen molar-refractivity contribution in [2.24, 2.45) is 5.92 Å². The number of alkyl carbamates (subject to hydrolysis) is 1. The van der Waals surface area contributed by atoms with Gasteiger partial charge in [0.2, 0.25) is 5.91 Å². The van der Waals surface area contributed by atoms with E-state index in [0.717, 1.165) is 22.7 Å². The van der Waals surface area contributed by atoms with Crippen molar-refractivity contribution in [2.45, 2.75) is 38.1 Å². The van der Waals surface area contributed by atoms with Crippen molar-refractivity contribution in [2.75, 3.05) is 11.9 Å². The molecule has 35 heavy (non-hydrogen) atoms. The maximum Gasteiger partial charge on any atom is 0.407 e. The smallest absolute Gasteiger partial charge is 0.407 e. The number of fused-ring (bicyclic) bond motifs is 3. The number of hydrogen-bond donors (Lipinski definition) is 3. The van der Waals surface area contributed by atoms with Gasteiger partial charge in [0.15, 0.2) is 0 Å². The van der Waals surface area contributed by atoms with E-state index in [9.17, 15) is 19.5 Å². The summed E-state index contributed by atoms with van der Waals surface area (Å²) in [6, 6.07) is 16.2. The van der Waals surface area contributed by atoms with E-state index in [4.69, 9.17) is 4.74 Å². The molecular formula is C26H25N3O5S. The molecule has 1 fully saturated rings. The van der Waals surface area contributed by atoms with Gasteiger partial charge < -0.3 is 20.5 Å². The fourth-order valence-corrected chi connectivity index (χ4v) is 5.87. The summed E-state index contributed by atoms with van der Waals surface area (Å²) in [5.74, 6) is -1.71. The molecule has 8 nitrogen and oxygen atoms in total. The summed E-state index contributed by atoms with van der Waals surface area (Å²) < 4.78 is 9.64. The van der Waals surface area contributed by atoms with Gasteiger partial charge in [-0.3, -0.25) is 4.79 Å². The average molecular weight is 492 g/mol. The van der Waals surface area contributed by atoms with Crippen LogP contribution in [0, 0.1) is 12.8 Å². The maximum absolute atomic E-state index is 12.7. The van der Waals surface area contributed by atoms with Gasteiger partial charge in [-0.2, -0.15) is 4.37 Å². The molecule has 1 aromatic heterocycles. The summed E-state index contributed by atoms with van der Waals surface area (Å²) >= 11 is 0.959. The third-order valence-electron chi connectivity index (χ3n) is 6.78. The molecule has 0 aliphatic heterocycles. The first-order valence-corrected chi connectivity index (χ1v) is 12.3. The highest BCUT2D eigenvalue weighted by Gasteiger charge is 2.33. The summed E-state index contributed by atoms with van der Waals surface area (Å²) in [6.45, 7) is 1.83. The minimum atomic E-state index is -1.12. The molecule has 2 amide bonds. The lowest BCUT2D eigenvalue weighted by atomic mass is 9.98. The lowest BCUT2D eigenvalue weighted by molar-refractivity contribution is -0.119. The van der Waals surface area contributed by atoms with Crippen LogP contribution in [-0.2, 0) is 9.53 Å². The SMILES string of the molecule is Cc1nsc(NC(=O)C2CCC(NC(=O)OCC3c4ccccc4-c4ccccc43)C2)c1C(=O)O. The molecule has 3 N–H and O–H groups in total. The van der Waals surface area contributed by atoms with Gasteiger partial charge in [0.1, 0.15) is 17.2 Å². The topological polar surface area (TPSA) is 118 Å². The number of carboxylic acid groups (broad SMARTS) is 1. The Labute approximate surface area is 206 Å². The molecule has 1 saturated carbocycles. The van der Waals surface area contributed by atoms with Crippen LogP contribution in [0.5, 0.6) is 0 Å². The van der Waals surface area contributed by atoms with Gasteiger partial charge in [0, 0.05) is 17.9 Å². The number of carboxylic acids is 1. The number of aromatic carboxylic acids is 1. The summed E-state index contributed by atoms with van der Waals surface area (Å²) in [5, 5.41) is 15.2. The average Bonchev–Trinajstić information content (AvgIpc) is 3.54. The van der Waals surface area contributed by atoms with Crippen LogP contribution in [0.4, 0.5) is 9.80 Å². The molecule has 0 bridgehead atoms. The zero-order valence-corrected chi connectivity index (χ0v) is 19.9. The van der Waals surface area contributed by atoms with E-state index in [2.05, 4.69) is 39.3 Å². The summed E-state index contributed by atoms with van der Waals surface area (Å²) in [5.41, 5.74) is 5.04. The van der Waals surface area contributed by atoms with Crippen LogP contribution in [0.15, 0.2) is 48.5 Å². The third-order valence-corrected chi connectivity index (χ3v) is 7.64. The van der Waals surface area contributed by atoms with Crippen molar-refractivity contribution in [1.29, 1.82) is 0 Å². The van der Waals surface area contributed by atoms with Gasteiger partial charge >= 0.3 is 12.1 Å². The van der Waals surface area contributed by atoms with Crippen molar-refractivity contribution in [3.8, 4) is 11.1 Å². The van der Waals surface area contributed by atoms with Gasteiger partial charge in [-0.15, -0.1) is 0 Å². The van der Waals surface area contributed by atoms with Gasteiger partial charge in [0.05, 0.1) is 5.69 Å². The lowest BCUT2D eigenvalue weighted by Gasteiger charge is -2.17. The molecule has 180 valence electrons. The zero-order chi connectivity index (χ0) is 24.5. The van der Waals surface area contributed by atoms with E-state index in [-0.39, 0.29) is 41.0 Å². The quantitative estimate of drug-likeness (QED) is 0.456. The molecule has 5 rings (SSSR count). The predicted molar refractivity (Wildman–Crippen MR) is 132 cm³/mol. The highest BCUT2D eigenvalue weighted by Crippen LogP contribution is 2.44. The van der Waals surface area contributed by atoms with Crippen LogP contribution < -0.4 is 10.6 Å². The normalized spacial score (nSPS) is 18.5. The van der Waals surface area contributed by atoms with E-state index in [0.29, 0.717) is 25.0 Å². The number of benzene rings is 2. The molecule has 1 heterocycles. The second-order valence-corrected chi connectivity index (χ2v) is 9.72. The number of carbonyl (C=O) groups excluding carboxylic acids is 2. The number of anilines is 1. The molecular weight excluding hydrogens is 466 g/mol. The Morgan fingerprint density at radius 2 is 1.71 bits per heavy atom. The number of aromatic nitrogens is 1. The Kier molecular flexibility index (Phi) is 6.25. The number of ether oxygens (including phenoxy) is 1. The molecule has 2 unspecified atom stereocenters. The first kappa shape index (κ1) is 23.0. The number of hydrogen-bond acceptors (Lipinski definition) is 6. The Balaban J connectivity index is 1.15. The monoisotopic (exact) mass is 491 g/mol. The number of nitrogens with zero attached hydrogens (tertiary/aromatic N) is 1. The Morgan fingerprint density at radius 3 is 2.37 bits per heavy atom. The highest BCUT2D eigenvalue weighted by atomic mass is 32.1. The number of amides is 2. The Morgan fingerprint density at radius 1 is 1.06 bits per heavy atom. The second-order valence-electron chi connectivity index (χ2n) is 8.94. The molecule has 0 spiro atoms. The fraction of sp³-hybridized carbons (Fsp3) is 0.308. The van der Waals surface area contributed by atoms with Crippen LogP contribution in [0.3, 0.4) is 0 Å². The first-order chi connectivity index (χ1) is 16.9. The standard InChI is InChI=1S/C26H25N3O5S/c1-14-22(25(31)32)24(35-29-14)28-23(30)15-10-11-16(12-15)27-26(33)34-13-21-19-8-4-2-6-17(19)18-7-3-5-9-20(18)21/h2-9,15-16,21H,10-13H2,1H3,(H,27,33)(H,28,30)(H,31,32). The maximum atomic E-state index is 12.7. The number of rotatable bonds is 6. The molecule has 0 saturated heterocycles. The van der Waals surface area contributed by atoms with E-state index in [1.54, 1.807) is 6.92 Å². The van der Waals surface area contributed by atoms with Crippen LogP contribution in [-0.4, -0.2) is 40.1 Å². The van der Waals surface area contributed by atoms with E-state index in [1.165, 1.54) is 11.1 Å². The van der Waals surface area contributed by atoms with Crippen LogP contribution in [0.25, 0.3) is 11.1 Å². The summed E-state index contributed by atoms with van der Waals surface area (Å²) in [4.78, 5) is 36.7. The summed E-state index contributed by atoms with van der Waals surface area (Å²) in [7, 11) is 0. The van der Waals surface area contributed by atoms with Gasteiger partial charge in [-0.1, -0.05) is 48.5 Å². The van der Waals surface area contributed by atoms with Crippen molar-refractivity contribution in [1.82, 2.24) is 9.69 Å². The molecule has 0 radical (unpaired) electrons. The Bertz CT molecular complexity index is 1260. The van der Waals surface area contributed by atoms with Crippen LogP contribution >= 0.6 is 11.5 Å². The molecule has 3 aromatic rings. The predicted octanol–water partition coefficient (Wildman–Crippen LogP) is 4.80. The highest BCUT2D eigenvalue weighted by molar-refractivity contribution is 7.11. The second kappa shape index (κ2) is 9.50. The van der Waals surface area contributed by atoms with E-state index in [1.807, 2.05) is 24.3 Å². The molecule has 2 aromatic carbocycles. The van der Waals surface area contributed by atoms with Crippen LogP contribution in [0.1, 0.15) is 52.4 Å². The molecule has 2 aliphatic rings. The van der Waals surface area contributed by atoms with Gasteiger partial charge in [0.25, 0.3) is 0 Å². The van der Waals surface area contributed by atoms with Gasteiger partial charge in [-0.25, -0.2) is 9.59 Å². The van der Waals surface area contributed by atoms with E-state index < -0.39 is 12.1 Å². The molecule has 2 atom stereocenters. The minimum Gasteiger partial charge on any atom is -0.478 e. The number of carbonyl (C=O) groups is 3. The zero-order valence-electron chi connectivity index (χ0n) is 19.1. The third kappa shape index (κ3) is 4.51. The Hall–Kier alpha value is -3.72. The van der Waals surface area contributed by atoms with Crippen LogP contribution in [0.2, 0.25) is 0 Å². The van der Waals surface area contributed by atoms with E-state index >= 15 is 0 Å². The van der Waals surface area contributed by atoms with Crippen molar-refractivity contribution in [3.63, 3.8) is 0 Å². The molecule has 2 aliphatic carbocycles.